The van der Waals surface area contributed by atoms with Gasteiger partial charge in [0.1, 0.15) is 19.0 Å². The zero-order valence-electron chi connectivity index (χ0n) is 15.4. The van der Waals surface area contributed by atoms with Crippen molar-refractivity contribution in [1.29, 1.82) is 0 Å². The number of piperidine rings is 1. The molecule has 29 heavy (non-hydrogen) atoms. The van der Waals surface area contributed by atoms with Crippen LogP contribution < -0.4 is 10.2 Å². The molecule has 1 atom stereocenters. The van der Waals surface area contributed by atoms with Crippen LogP contribution in [0.25, 0.3) is 10.8 Å². The molecule has 0 bridgehead atoms. The van der Waals surface area contributed by atoms with E-state index in [1.165, 1.54) is 24.0 Å². The standard InChI is InChI=1S/C17H18N10OS/c28-16(19-6-13-8-29-17-20-10-22-27(13)17)12-2-1-5-25(7-12)14-3-4-15(24-23-14)26-11-18-9-21-26/h3-4,8-12H,1-2,5-7H2,(H,19,28)/t12-/m1/s1. The molecule has 0 radical (unpaired) electrons. The highest BCUT2D eigenvalue weighted by Gasteiger charge is 2.27. The fraction of sp³-hybridized carbons (Fsp3) is 0.353. The number of nitrogens with one attached hydrogen (secondary N) is 1. The Morgan fingerprint density at radius 2 is 2.10 bits per heavy atom. The average molecular weight is 410 g/mol. The Morgan fingerprint density at radius 3 is 2.93 bits per heavy atom. The summed E-state index contributed by atoms with van der Waals surface area (Å²) in [5, 5.41) is 21.7. The van der Waals surface area contributed by atoms with E-state index >= 15 is 0 Å². The van der Waals surface area contributed by atoms with Gasteiger partial charge in [-0.2, -0.15) is 10.2 Å². The van der Waals surface area contributed by atoms with E-state index in [9.17, 15) is 4.79 Å². The first-order valence-corrected chi connectivity index (χ1v) is 10.1. The van der Waals surface area contributed by atoms with Crippen LogP contribution in [0.15, 0.2) is 36.5 Å². The van der Waals surface area contributed by atoms with Gasteiger partial charge in [-0.25, -0.2) is 19.2 Å². The molecule has 1 aliphatic heterocycles. The van der Waals surface area contributed by atoms with Gasteiger partial charge in [-0.1, -0.05) is 0 Å². The van der Waals surface area contributed by atoms with Gasteiger partial charge >= 0.3 is 0 Å². The molecule has 0 saturated carbocycles. The summed E-state index contributed by atoms with van der Waals surface area (Å²) in [6, 6.07) is 3.75. The van der Waals surface area contributed by atoms with Gasteiger partial charge in [0, 0.05) is 18.5 Å². The molecule has 0 unspecified atom stereocenters. The van der Waals surface area contributed by atoms with Crippen molar-refractivity contribution in [2.75, 3.05) is 18.0 Å². The summed E-state index contributed by atoms with van der Waals surface area (Å²) >= 11 is 1.51. The number of hydrogen-bond acceptors (Lipinski definition) is 9. The lowest BCUT2D eigenvalue weighted by molar-refractivity contribution is -0.125. The van der Waals surface area contributed by atoms with E-state index in [2.05, 4.69) is 40.6 Å². The number of carbonyl (C=O) groups is 1. The lowest BCUT2D eigenvalue weighted by Crippen LogP contribution is -2.43. The van der Waals surface area contributed by atoms with Crippen molar-refractivity contribution < 1.29 is 4.79 Å². The molecule has 4 aromatic heterocycles. The monoisotopic (exact) mass is 410 g/mol. The first kappa shape index (κ1) is 17.7. The summed E-state index contributed by atoms with van der Waals surface area (Å²) in [5.41, 5.74) is 0.929. The van der Waals surface area contributed by atoms with Crippen LogP contribution in [0.3, 0.4) is 0 Å². The molecule has 148 valence electrons. The molecule has 4 aromatic rings. The summed E-state index contributed by atoms with van der Waals surface area (Å²) in [6.07, 6.45) is 6.33. The number of anilines is 1. The fourth-order valence-electron chi connectivity index (χ4n) is 3.45. The third-order valence-corrected chi connectivity index (χ3v) is 5.82. The molecule has 1 fully saturated rings. The van der Waals surface area contributed by atoms with Crippen LogP contribution in [0.1, 0.15) is 18.5 Å². The predicted octanol–water partition coefficient (Wildman–Crippen LogP) is 0.694. The van der Waals surface area contributed by atoms with Crippen molar-refractivity contribution in [3.8, 4) is 5.82 Å². The van der Waals surface area contributed by atoms with Crippen LogP contribution in [0, 0.1) is 5.92 Å². The Morgan fingerprint density at radius 1 is 1.21 bits per heavy atom. The molecule has 0 aromatic carbocycles. The fourth-order valence-corrected chi connectivity index (χ4v) is 4.25. The van der Waals surface area contributed by atoms with E-state index in [1.807, 2.05) is 17.5 Å². The van der Waals surface area contributed by atoms with Gasteiger partial charge in [-0.3, -0.25) is 4.79 Å². The van der Waals surface area contributed by atoms with E-state index in [1.54, 1.807) is 15.5 Å². The highest BCUT2D eigenvalue weighted by molar-refractivity contribution is 7.15. The minimum absolute atomic E-state index is 0.0429. The summed E-state index contributed by atoms with van der Waals surface area (Å²) in [4.78, 5) is 23.7. The van der Waals surface area contributed by atoms with Crippen LogP contribution in [0.4, 0.5) is 5.82 Å². The summed E-state index contributed by atoms with van der Waals surface area (Å²) in [6.45, 7) is 1.90. The van der Waals surface area contributed by atoms with Crippen molar-refractivity contribution in [2.24, 2.45) is 5.92 Å². The Kier molecular flexibility index (Phi) is 4.60. The first-order chi connectivity index (χ1) is 14.3. The maximum absolute atomic E-state index is 12.7. The second-order valence-corrected chi connectivity index (χ2v) is 7.61. The van der Waals surface area contributed by atoms with E-state index in [-0.39, 0.29) is 11.8 Å². The van der Waals surface area contributed by atoms with Gasteiger partial charge in [0.05, 0.1) is 18.2 Å². The number of thiazole rings is 1. The Bertz CT molecular complexity index is 1100. The molecule has 1 N–H and O–H groups in total. The van der Waals surface area contributed by atoms with Gasteiger partial charge in [-0.15, -0.1) is 21.5 Å². The number of fused-ring (bicyclic) bond motifs is 1. The van der Waals surface area contributed by atoms with Gasteiger partial charge < -0.3 is 10.2 Å². The van der Waals surface area contributed by atoms with Crippen LogP contribution in [-0.2, 0) is 11.3 Å². The molecular weight excluding hydrogens is 392 g/mol. The summed E-state index contributed by atoms with van der Waals surface area (Å²) in [5.74, 6) is 1.31. The van der Waals surface area contributed by atoms with Gasteiger partial charge in [-0.05, 0) is 25.0 Å². The molecule has 12 heteroatoms. The minimum Gasteiger partial charge on any atom is -0.354 e. The lowest BCUT2D eigenvalue weighted by Gasteiger charge is -2.32. The van der Waals surface area contributed by atoms with Gasteiger partial charge in [0.2, 0.25) is 10.9 Å². The smallest absolute Gasteiger partial charge is 0.225 e. The van der Waals surface area contributed by atoms with E-state index in [0.717, 1.165) is 35.9 Å². The lowest BCUT2D eigenvalue weighted by atomic mass is 9.97. The second kappa shape index (κ2) is 7.54. The zero-order valence-corrected chi connectivity index (χ0v) is 16.2. The quantitative estimate of drug-likeness (QED) is 0.511. The Labute approximate surface area is 169 Å². The van der Waals surface area contributed by atoms with Gasteiger partial charge in [0.25, 0.3) is 0 Å². The molecule has 1 saturated heterocycles. The SMILES string of the molecule is O=C(NCc1csc2ncnn12)[C@@H]1CCCN(c2ccc(-n3cncn3)nn2)C1. The van der Waals surface area contributed by atoms with E-state index < -0.39 is 0 Å². The van der Waals surface area contributed by atoms with Crippen molar-refractivity contribution in [3.05, 3.63) is 42.2 Å². The molecule has 1 aliphatic rings. The first-order valence-electron chi connectivity index (χ1n) is 9.25. The van der Waals surface area contributed by atoms with Crippen molar-refractivity contribution >= 4 is 28.0 Å². The highest BCUT2D eigenvalue weighted by Crippen LogP contribution is 2.22. The molecule has 5 rings (SSSR count). The topological polar surface area (TPSA) is 119 Å². The van der Waals surface area contributed by atoms with Crippen LogP contribution >= 0.6 is 11.3 Å². The van der Waals surface area contributed by atoms with Crippen LogP contribution in [-0.4, -0.2) is 58.6 Å². The average Bonchev–Trinajstić information content (AvgIpc) is 3.51. The maximum Gasteiger partial charge on any atom is 0.225 e. The van der Waals surface area contributed by atoms with Gasteiger partial charge in [0.15, 0.2) is 11.6 Å². The normalized spacial score (nSPS) is 17.0. The Hall–Kier alpha value is -3.41. The Balaban J connectivity index is 1.22. The number of carbonyl (C=O) groups excluding carboxylic acids is 1. The largest absolute Gasteiger partial charge is 0.354 e. The number of aromatic nitrogens is 8. The number of amides is 1. The number of hydrogen-bond donors (Lipinski definition) is 1. The second-order valence-electron chi connectivity index (χ2n) is 6.77. The van der Waals surface area contributed by atoms with E-state index in [4.69, 9.17) is 0 Å². The van der Waals surface area contributed by atoms with Crippen molar-refractivity contribution in [1.82, 2.24) is 44.9 Å². The molecule has 0 aliphatic carbocycles. The summed E-state index contributed by atoms with van der Waals surface area (Å²) < 4.78 is 3.31. The third-order valence-electron chi connectivity index (χ3n) is 4.94. The summed E-state index contributed by atoms with van der Waals surface area (Å²) in [7, 11) is 0. The third kappa shape index (κ3) is 3.53. The molecule has 5 heterocycles. The molecule has 1 amide bonds. The van der Waals surface area contributed by atoms with Crippen molar-refractivity contribution in [2.45, 2.75) is 19.4 Å². The highest BCUT2D eigenvalue weighted by atomic mass is 32.1. The maximum atomic E-state index is 12.7. The van der Waals surface area contributed by atoms with Crippen LogP contribution in [0.2, 0.25) is 0 Å². The molecule has 11 nitrogen and oxygen atoms in total. The molecule has 0 spiro atoms. The van der Waals surface area contributed by atoms with Crippen LogP contribution in [0.5, 0.6) is 0 Å². The van der Waals surface area contributed by atoms with Crippen molar-refractivity contribution in [3.63, 3.8) is 0 Å². The number of nitrogens with zero attached hydrogens (tertiary/aromatic N) is 9. The predicted molar refractivity (Wildman–Crippen MR) is 105 cm³/mol. The minimum atomic E-state index is -0.0922. The zero-order chi connectivity index (χ0) is 19.6. The van der Waals surface area contributed by atoms with E-state index in [0.29, 0.717) is 18.9 Å². The molecular formula is C17H18N10OS. The number of rotatable bonds is 5.